The number of rotatable bonds is 3. The molecule has 88 valence electrons. The van der Waals surface area contributed by atoms with E-state index in [0.717, 1.165) is 0 Å². The second-order valence-electron chi connectivity index (χ2n) is 3.29. The number of carbonyl (C=O) groups is 1. The maximum atomic E-state index is 11.0. The van der Waals surface area contributed by atoms with Gasteiger partial charge >= 0.3 is 0 Å². The Hall–Kier alpha value is -1.30. The maximum Gasteiger partial charge on any atom is 0.221 e. The minimum Gasteiger partial charge on any atom is -0.506 e. The number of hydrogen-bond acceptors (Lipinski definition) is 4. The molecule has 5 nitrogen and oxygen atoms in total. The summed E-state index contributed by atoms with van der Waals surface area (Å²) in [5.74, 6) is -0.537. The van der Waals surface area contributed by atoms with E-state index < -0.39 is 6.10 Å². The van der Waals surface area contributed by atoms with Gasteiger partial charge in [0, 0.05) is 24.1 Å². The predicted molar refractivity (Wildman–Crippen MR) is 61.4 cm³/mol. The molecule has 0 saturated carbocycles. The number of amides is 1. The molecule has 1 unspecified atom stereocenters. The van der Waals surface area contributed by atoms with Crippen LogP contribution >= 0.6 is 11.6 Å². The van der Waals surface area contributed by atoms with E-state index in [9.17, 15) is 15.0 Å². The summed E-state index contributed by atoms with van der Waals surface area (Å²) in [6, 6.07) is 2.76. The molecule has 0 aliphatic heterocycles. The molecule has 1 aromatic rings. The summed E-state index contributed by atoms with van der Waals surface area (Å²) in [6.07, 6.45) is -1.04. The molecular weight excluding hydrogens is 232 g/mol. The van der Waals surface area contributed by atoms with Gasteiger partial charge in [-0.1, -0.05) is 11.6 Å². The fourth-order valence-corrected chi connectivity index (χ4v) is 1.62. The number of anilines is 1. The average Bonchev–Trinajstić information content (AvgIpc) is 2.22. The van der Waals surface area contributed by atoms with Crippen LogP contribution in [-0.2, 0) is 4.79 Å². The highest BCUT2D eigenvalue weighted by Crippen LogP contribution is 2.36. The Morgan fingerprint density at radius 1 is 1.62 bits per heavy atom. The molecule has 0 aliphatic rings. The first-order valence-electron chi connectivity index (χ1n) is 4.64. The molecule has 0 aromatic heterocycles. The molecule has 1 rings (SSSR count). The molecule has 0 aliphatic carbocycles. The summed E-state index contributed by atoms with van der Waals surface area (Å²) in [6.45, 7) is 1.23. The Morgan fingerprint density at radius 3 is 2.75 bits per heavy atom. The third-order valence-electron chi connectivity index (χ3n) is 2.03. The van der Waals surface area contributed by atoms with Crippen LogP contribution in [0.5, 0.6) is 5.75 Å². The van der Waals surface area contributed by atoms with Crippen molar-refractivity contribution in [2.45, 2.75) is 13.0 Å². The van der Waals surface area contributed by atoms with Gasteiger partial charge in [-0.25, -0.2) is 0 Å². The van der Waals surface area contributed by atoms with Gasteiger partial charge in [-0.2, -0.15) is 0 Å². The van der Waals surface area contributed by atoms with E-state index in [1.807, 2.05) is 0 Å². The van der Waals surface area contributed by atoms with Crippen molar-refractivity contribution >= 4 is 23.2 Å². The fraction of sp³-hybridized carbons (Fsp3) is 0.300. The molecule has 0 radical (unpaired) electrons. The minimum atomic E-state index is -1.04. The Bertz CT molecular complexity index is 409. The van der Waals surface area contributed by atoms with Crippen LogP contribution < -0.4 is 11.1 Å². The number of halogens is 1. The summed E-state index contributed by atoms with van der Waals surface area (Å²) < 4.78 is 0. The molecule has 0 heterocycles. The Morgan fingerprint density at radius 2 is 2.25 bits per heavy atom. The largest absolute Gasteiger partial charge is 0.506 e. The second-order valence-corrected chi connectivity index (χ2v) is 3.70. The van der Waals surface area contributed by atoms with Crippen LogP contribution in [0.3, 0.4) is 0 Å². The van der Waals surface area contributed by atoms with Gasteiger partial charge < -0.3 is 21.3 Å². The van der Waals surface area contributed by atoms with E-state index in [4.69, 9.17) is 17.3 Å². The van der Waals surface area contributed by atoms with Crippen LogP contribution in [0.25, 0.3) is 0 Å². The van der Waals surface area contributed by atoms with Gasteiger partial charge in [-0.15, -0.1) is 0 Å². The topological polar surface area (TPSA) is 95.6 Å². The van der Waals surface area contributed by atoms with Crippen molar-refractivity contribution in [2.75, 3.05) is 11.9 Å². The number of carbonyl (C=O) groups excluding carboxylic acids is 1. The molecule has 1 atom stereocenters. The van der Waals surface area contributed by atoms with Crippen LogP contribution in [0.15, 0.2) is 12.1 Å². The van der Waals surface area contributed by atoms with Crippen LogP contribution in [0.4, 0.5) is 5.69 Å². The van der Waals surface area contributed by atoms with E-state index >= 15 is 0 Å². The number of phenols is 1. The third-order valence-corrected chi connectivity index (χ3v) is 2.36. The summed E-state index contributed by atoms with van der Waals surface area (Å²) >= 11 is 5.88. The van der Waals surface area contributed by atoms with Crippen molar-refractivity contribution in [1.82, 2.24) is 0 Å². The van der Waals surface area contributed by atoms with Gasteiger partial charge in [0.1, 0.15) is 5.75 Å². The zero-order valence-electron chi connectivity index (χ0n) is 8.70. The highest BCUT2D eigenvalue weighted by atomic mass is 35.5. The fourth-order valence-electron chi connectivity index (χ4n) is 1.33. The lowest BCUT2D eigenvalue weighted by Crippen LogP contribution is -2.16. The number of aliphatic hydroxyl groups excluding tert-OH is 1. The van der Waals surface area contributed by atoms with Crippen molar-refractivity contribution in [1.29, 1.82) is 0 Å². The van der Waals surface area contributed by atoms with E-state index in [1.54, 1.807) is 0 Å². The van der Waals surface area contributed by atoms with Crippen LogP contribution in [-0.4, -0.2) is 22.7 Å². The number of nitrogens with one attached hydrogen (secondary N) is 1. The average molecular weight is 245 g/mol. The van der Waals surface area contributed by atoms with E-state index in [-0.39, 0.29) is 34.5 Å². The molecule has 5 N–H and O–H groups in total. The SMILES string of the molecule is CC(=O)Nc1c(O)ccc(Cl)c1C(O)CN. The first-order chi connectivity index (χ1) is 7.47. The lowest BCUT2D eigenvalue weighted by Gasteiger charge is -2.17. The Balaban J connectivity index is 3.30. The summed E-state index contributed by atoms with van der Waals surface area (Å²) in [4.78, 5) is 11.0. The molecule has 1 amide bonds. The third kappa shape index (κ3) is 2.63. The number of phenolic OH excluding ortho intramolecular Hbond substituents is 1. The quantitative estimate of drug-likeness (QED) is 0.597. The highest BCUT2D eigenvalue weighted by molar-refractivity contribution is 6.32. The summed E-state index contributed by atoms with van der Waals surface area (Å²) in [5.41, 5.74) is 5.64. The molecule has 0 bridgehead atoms. The molecule has 0 fully saturated rings. The van der Waals surface area contributed by atoms with Gasteiger partial charge in [-0.3, -0.25) is 4.79 Å². The number of nitrogens with two attached hydrogens (primary N) is 1. The van der Waals surface area contributed by atoms with Gasteiger partial charge in [-0.05, 0) is 12.1 Å². The second kappa shape index (κ2) is 5.16. The lowest BCUT2D eigenvalue weighted by atomic mass is 10.1. The number of aromatic hydroxyl groups is 1. The molecule has 1 aromatic carbocycles. The van der Waals surface area contributed by atoms with Gasteiger partial charge in [0.2, 0.25) is 5.91 Å². The number of hydrogen-bond donors (Lipinski definition) is 4. The minimum absolute atomic E-state index is 0.0598. The van der Waals surface area contributed by atoms with Crippen molar-refractivity contribution in [2.24, 2.45) is 5.73 Å². The highest BCUT2D eigenvalue weighted by Gasteiger charge is 2.19. The van der Waals surface area contributed by atoms with Crippen molar-refractivity contribution < 1.29 is 15.0 Å². The van der Waals surface area contributed by atoms with Gasteiger partial charge in [0.05, 0.1) is 11.8 Å². The zero-order chi connectivity index (χ0) is 12.3. The van der Waals surface area contributed by atoms with Crippen LogP contribution in [0, 0.1) is 0 Å². The van der Waals surface area contributed by atoms with Crippen molar-refractivity contribution in [3.63, 3.8) is 0 Å². The molecular formula is C10H13ClN2O3. The maximum absolute atomic E-state index is 11.0. The Kier molecular flexibility index (Phi) is 4.12. The van der Waals surface area contributed by atoms with E-state index in [1.165, 1.54) is 19.1 Å². The number of benzene rings is 1. The summed E-state index contributed by atoms with van der Waals surface area (Å²) in [5, 5.41) is 21.9. The van der Waals surface area contributed by atoms with Crippen molar-refractivity contribution in [3.8, 4) is 5.75 Å². The molecule has 0 saturated heterocycles. The first kappa shape index (κ1) is 12.8. The van der Waals surface area contributed by atoms with Gasteiger partial charge in [0.25, 0.3) is 0 Å². The predicted octanol–water partition coefficient (Wildman–Crippen LogP) is 0.996. The lowest BCUT2D eigenvalue weighted by molar-refractivity contribution is -0.114. The van der Waals surface area contributed by atoms with E-state index in [2.05, 4.69) is 5.32 Å². The van der Waals surface area contributed by atoms with E-state index in [0.29, 0.717) is 0 Å². The smallest absolute Gasteiger partial charge is 0.221 e. The molecule has 16 heavy (non-hydrogen) atoms. The number of aliphatic hydroxyl groups is 1. The Labute approximate surface area is 97.8 Å². The zero-order valence-corrected chi connectivity index (χ0v) is 9.45. The summed E-state index contributed by atoms with van der Waals surface area (Å²) in [7, 11) is 0. The standard InChI is InChI=1S/C10H13ClN2O3/c1-5(14)13-10-7(15)3-2-6(11)9(10)8(16)4-12/h2-3,8,15-16H,4,12H2,1H3,(H,13,14). The molecule has 0 spiro atoms. The molecule has 6 heteroatoms. The first-order valence-corrected chi connectivity index (χ1v) is 5.02. The van der Waals surface area contributed by atoms with Crippen molar-refractivity contribution in [3.05, 3.63) is 22.7 Å². The monoisotopic (exact) mass is 244 g/mol. The van der Waals surface area contributed by atoms with Crippen LogP contribution in [0.2, 0.25) is 5.02 Å². The van der Waals surface area contributed by atoms with Crippen LogP contribution in [0.1, 0.15) is 18.6 Å². The van der Waals surface area contributed by atoms with Gasteiger partial charge in [0.15, 0.2) is 0 Å². The normalized spacial score (nSPS) is 12.2.